The number of ether oxygens (including phenoxy) is 1. The van der Waals surface area contributed by atoms with Gasteiger partial charge in [-0.05, 0) is 38.5 Å². The van der Waals surface area contributed by atoms with Gasteiger partial charge in [-0.25, -0.2) is 0 Å². The van der Waals surface area contributed by atoms with E-state index in [0.29, 0.717) is 13.0 Å². The molecule has 0 spiro atoms. The highest BCUT2D eigenvalue weighted by Gasteiger charge is 2.14. The van der Waals surface area contributed by atoms with Crippen molar-refractivity contribution in [1.82, 2.24) is 5.32 Å². The van der Waals surface area contributed by atoms with Crippen LogP contribution in [0.1, 0.15) is 70.6 Å². The second-order valence-electron chi connectivity index (χ2n) is 5.74. The van der Waals surface area contributed by atoms with E-state index in [2.05, 4.69) is 11.9 Å². The van der Waals surface area contributed by atoms with Crippen LogP contribution in [0.25, 0.3) is 0 Å². The first-order valence-corrected chi connectivity index (χ1v) is 8.32. The minimum atomic E-state index is 0.186. The standard InChI is InChI=1S/C17H31NO2/c1-2-3-4-5-6-7-8-9-13-17(19)18-15-16-12-10-11-14-20-16/h2,16H,1,3-15H2,(H,18,19). The number of hydrogen-bond donors (Lipinski definition) is 1. The highest BCUT2D eigenvalue weighted by Crippen LogP contribution is 2.12. The van der Waals surface area contributed by atoms with E-state index in [0.717, 1.165) is 32.3 Å². The lowest BCUT2D eigenvalue weighted by Crippen LogP contribution is -2.35. The van der Waals surface area contributed by atoms with Gasteiger partial charge < -0.3 is 10.1 Å². The van der Waals surface area contributed by atoms with Gasteiger partial charge in [-0.1, -0.05) is 31.8 Å². The highest BCUT2D eigenvalue weighted by atomic mass is 16.5. The molecule has 0 aliphatic carbocycles. The van der Waals surface area contributed by atoms with Crippen molar-refractivity contribution in [2.75, 3.05) is 13.2 Å². The fourth-order valence-corrected chi connectivity index (χ4v) is 2.57. The molecule has 116 valence electrons. The van der Waals surface area contributed by atoms with Crippen LogP contribution >= 0.6 is 0 Å². The van der Waals surface area contributed by atoms with Gasteiger partial charge in [0.2, 0.25) is 5.91 Å². The predicted octanol–water partition coefficient (Wildman–Crippen LogP) is 3.98. The molecule has 20 heavy (non-hydrogen) atoms. The summed E-state index contributed by atoms with van der Waals surface area (Å²) >= 11 is 0. The molecule has 1 saturated heterocycles. The van der Waals surface area contributed by atoms with Crippen LogP contribution in [0.4, 0.5) is 0 Å². The van der Waals surface area contributed by atoms with Gasteiger partial charge >= 0.3 is 0 Å². The summed E-state index contributed by atoms with van der Waals surface area (Å²) in [6.07, 6.45) is 14.8. The highest BCUT2D eigenvalue weighted by molar-refractivity contribution is 5.75. The molecule has 0 radical (unpaired) electrons. The van der Waals surface area contributed by atoms with Crippen molar-refractivity contribution >= 4 is 5.91 Å². The Balaban J connectivity index is 1.86. The van der Waals surface area contributed by atoms with Gasteiger partial charge in [0.25, 0.3) is 0 Å². The Morgan fingerprint density at radius 3 is 2.60 bits per heavy atom. The third-order valence-corrected chi connectivity index (χ3v) is 3.86. The van der Waals surface area contributed by atoms with Crippen LogP contribution in [0.2, 0.25) is 0 Å². The van der Waals surface area contributed by atoms with E-state index in [1.807, 2.05) is 6.08 Å². The lowest BCUT2D eigenvalue weighted by atomic mass is 10.1. The Labute approximate surface area is 124 Å². The Morgan fingerprint density at radius 1 is 1.15 bits per heavy atom. The number of rotatable bonds is 11. The summed E-state index contributed by atoms with van der Waals surface area (Å²) in [5, 5.41) is 3.00. The molecule has 0 saturated carbocycles. The van der Waals surface area contributed by atoms with Crippen molar-refractivity contribution in [3.63, 3.8) is 0 Å². The molecule has 1 amide bonds. The molecule has 1 rings (SSSR count). The van der Waals surface area contributed by atoms with Crippen LogP contribution in [0.3, 0.4) is 0 Å². The molecule has 1 heterocycles. The van der Waals surface area contributed by atoms with Gasteiger partial charge in [-0.2, -0.15) is 0 Å². The first-order chi connectivity index (χ1) is 9.83. The van der Waals surface area contributed by atoms with Crippen LogP contribution in [0, 0.1) is 0 Å². The van der Waals surface area contributed by atoms with Gasteiger partial charge in [0, 0.05) is 19.6 Å². The maximum atomic E-state index is 11.7. The van der Waals surface area contributed by atoms with Crippen molar-refractivity contribution in [3.05, 3.63) is 12.7 Å². The molecule has 3 heteroatoms. The molecular formula is C17H31NO2. The minimum absolute atomic E-state index is 0.186. The molecule has 1 N–H and O–H groups in total. The zero-order valence-electron chi connectivity index (χ0n) is 12.9. The molecule has 3 nitrogen and oxygen atoms in total. The summed E-state index contributed by atoms with van der Waals surface area (Å²) in [6, 6.07) is 0. The number of amides is 1. The fourth-order valence-electron chi connectivity index (χ4n) is 2.57. The average Bonchev–Trinajstić information content (AvgIpc) is 2.49. The van der Waals surface area contributed by atoms with Crippen molar-refractivity contribution in [3.8, 4) is 0 Å². The lowest BCUT2D eigenvalue weighted by molar-refractivity contribution is -0.122. The molecule has 0 bridgehead atoms. The van der Waals surface area contributed by atoms with Gasteiger partial charge in [0.1, 0.15) is 0 Å². The van der Waals surface area contributed by atoms with Crippen LogP contribution in [0.15, 0.2) is 12.7 Å². The minimum Gasteiger partial charge on any atom is -0.376 e. The molecule has 0 aromatic heterocycles. The van der Waals surface area contributed by atoms with Crippen molar-refractivity contribution in [2.24, 2.45) is 0 Å². The SMILES string of the molecule is C=CCCCCCCCCC(=O)NCC1CCCCO1. The number of allylic oxidation sites excluding steroid dienone is 1. The quantitative estimate of drug-likeness (QED) is 0.459. The van der Waals surface area contributed by atoms with Crippen LogP contribution < -0.4 is 5.32 Å². The van der Waals surface area contributed by atoms with E-state index < -0.39 is 0 Å². The van der Waals surface area contributed by atoms with Crippen molar-refractivity contribution in [2.45, 2.75) is 76.7 Å². The van der Waals surface area contributed by atoms with Crippen LogP contribution in [-0.2, 0) is 9.53 Å². The van der Waals surface area contributed by atoms with Gasteiger partial charge in [0.05, 0.1) is 6.10 Å². The topological polar surface area (TPSA) is 38.3 Å². The summed E-state index contributed by atoms with van der Waals surface area (Å²) in [5.41, 5.74) is 0. The zero-order chi connectivity index (χ0) is 14.5. The van der Waals surface area contributed by atoms with Gasteiger partial charge in [-0.3, -0.25) is 4.79 Å². The molecule has 1 fully saturated rings. The molecule has 1 aliphatic heterocycles. The maximum Gasteiger partial charge on any atom is 0.220 e. The third kappa shape index (κ3) is 9.13. The second kappa shape index (κ2) is 12.0. The Kier molecular flexibility index (Phi) is 10.3. The molecule has 1 unspecified atom stereocenters. The number of unbranched alkanes of at least 4 members (excludes halogenated alkanes) is 6. The monoisotopic (exact) mass is 281 g/mol. The molecule has 0 aromatic carbocycles. The number of hydrogen-bond acceptors (Lipinski definition) is 2. The van der Waals surface area contributed by atoms with E-state index in [-0.39, 0.29) is 12.0 Å². The number of carbonyl (C=O) groups excluding carboxylic acids is 1. The smallest absolute Gasteiger partial charge is 0.220 e. The lowest BCUT2D eigenvalue weighted by Gasteiger charge is -2.22. The Hall–Kier alpha value is -0.830. The molecule has 1 atom stereocenters. The fraction of sp³-hybridized carbons (Fsp3) is 0.824. The second-order valence-corrected chi connectivity index (χ2v) is 5.74. The van der Waals surface area contributed by atoms with Crippen molar-refractivity contribution < 1.29 is 9.53 Å². The summed E-state index contributed by atoms with van der Waals surface area (Å²) in [5.74, 6) is 0.186. The number of nitrogens with one attached hydrogen (secondary N) is 1. The van der Waals surface area contributed by atoms with E-state index in [4.69, 9.17) is 4.74 Å². The van der Waals surface area contributed by atoms with Gasteiger partial charge in [0.15, 0.2) is 0 Å². The molecule has 1 aliphatic rings. The maximum absolute atomic E-state index is 11.7. The summed E-state index contributed by atoms with van der Waals surface area (Å²) in [7, 11) is 0. The normalized spacial score (nSPS) is 18.7. The van der Waals surface area contributed by atoms with E-state index >= 15 is 0 Å². The number of carbonyl (C=O) groups is 1. The van der Waals surface area contributed by atoms with Gasteiger partial charge in [-0.15, -0.1) is 6.58 Å². The predicted molar refractivity (Wildman–Crippen MR) is 83.7 cm³/mol. The van der Waals surface area contributed by atoms with E-state index in [9.17, 15) is 4.79 Å². The third-order valence-electron chi connectivity index (χ3n) is 3.86. The summed E-state index contributed by atoms with van der Waals surface area (Å²) < 4.78 is 5.60. The average molecular weight is 281 g/mol. The van der Waals surface area contributed by atoms with Crippen LogP contribution in [0.5, 0.6) is 0 Å². The molecule has 0 aromatic rings. The largest absolute Gasteiger partial charge is 0.376 e. The van der Waals surface area contributed by atoms with E-state index in [1.54, 1.807) is 0 Å². The van der Waals surface area contributed by atoms with Crippen LogP contribution in [-0.4, -0.2) is 25.2 Å². The van der Waals surface area contributed by atoms with Crippen molar-refractivity contribution in [1.29, 1.82) is 0 Å². The first kappa shape index (κ1) is 17.2. The Morgan fingerprint density at radius 2 is 1.90 bits per heavy atom. The first-order valence-electron chi connectivity index (χ1n) is 8.32. The zero-order valence-corrected chi connectivity index (χ0v) is 12.9. The summed E-state index contributed by atoms with van der Waals surface area (Å²) in [6.45, 7) is 5.27. The summed E-state index contributed by atoms with van der Waals surface area (Å²) in [4.78, 5) is 11.7. The van der Waals surface area contributed by atoms with E-state index in [1.165, 1.54) is 38.5 Å². The molecular weight excluding hydrogens is 250 g/mol. The Bertz CT molecular complexity index is 260.